The maximum absolute atomic E-state index is 12.4. The van der Waals surface area contributed by atoms with Crippen LogP contribution in [0.1, 0.15) is 26.3 Å². The van der Waals surface area contributed by atoms with Gasteiger partial charge in [-0.3, -0.25) is 19.4 Å². The van der Waals surface area contributed by atoms with E-state index in [1.807, 2.05) is 0 Å². The van der Waals surface area contributed by atoms with Gasteiger partial charge in [-0.05, 0) is 36.8 Å². The van der Waals surface area contributed by atoms with Crippen molar-refractivity contribution in [3.8, 4) is 0 Å². The van der Waals surface area contributed by atoms with Gasteiger partial charge in [0.1, 0.15) is 0 Å². The lowest BCUT2D eigenvalue weighted by Crippen LogP contribution is -2.49. The summed E-state index contributed by atoms with van der Waals surface area (Å²) in [7, 11) is 0. The summed E-state index contributed by atoms with van der Waals surface area (Å²) in [5.41, 5.74) is 3.60. The van der Waals surface area contributed by atoms with E-state index in [4.69, 9.17) is 0 Å². The van der Waals surface area contributed by atoms with Gasteiger partial charge in [0.05, 0.1) is 11.1 Å². The Kier molecular flexibility index (Phi) is 4.47. The fraction of sp³-hybridized carbons (Fsp3) is 0.333. The highest BCUT2D eigenvalue weighted by Gasteiger charge is 2.35. The van der Waals surface area contributed by atoms with Crippen LogP contribution in [0.5, 0.6) is 0 Å². The first-order chi connectivity index (χ1) is 12.6. The molecule has 0 atom stereocenters. The molecule has 1 saturated heterocycles. The highest BCUT2D eigenvalue weighted by Crippen LogP contribution is 2.22. The standard InChI is InChI=1S/C21H23N3O2/c1-16-5-4-6-17(15-16)23-12-9-22(10-13-23)11-14-24-20(25)18-7-2-3-8-19(18)21(24)26/h2-8,15H,9-14H2,1H3. The minimum Gasteiger partial charge on any atom is -0.369 e. The van der Waals surface area contributed by atoms with Crippen molar-refractivity contribution >= 4 is 17.5 Å². The van der Waals surface area contributed by atoms with Gasteiger partial charge in [0.15, 0.2) is 0 Å². The van der Waals surface area contributed by atoms with Crippen LogP contribution in [-0.4, -0.2) is 60.9 Å². The van der Waals surface area contributed by atoms with Crippen molar-refractivity contribution in [2.75, 3.05) is 44.2 Å². The van der Waals surface area contributed by atoms with Crippen LogP contribution in [0.15, 0.2) is 48.5 Å². The number of hydrogen-bond donors (Lipinski definition) is 0. The first kappa shape index (κ1) is 16.8. The van der Waals surface area contributed by atoms with Gasteiger partial charge >= 0.3 is 0 Å². The Bertz CT molecular complexity index is 806. The first-order valence-electron chi connectivity index (χ1n) is 9.13. The van der Waals surface area contributed by atoms with Gasteiger partial charge in [-0.1, -0.05) is 24.3 Å². The Morgan fingerprint density at radius 3 is 2.08 bits per heavy atom. The van der Waals surface area contributed by atoms with Crippen molar-refractivity contribution in [1.29, 1.82) is 0 Å². The second-order valence-electron chi connectivity index (χ2n) is 6.98. The molecule has 0 radical (unpaired) electrons. The van der Waals surface area contributed by atoms with E-state index in [9.17, 15) is 9.59 Å². The lowest BCUT2D eigenvalue weighted by molar-refractivity contribution is 0.0635. The summed E-state index contributed by atoms with van der Waals surface area (Å²) in [6.07, 6.45) is 0. The normalized spacial score (nSPS) is 17.7. The van der Waals surface area contributed by atoms with Crippen molar-refractivity contribution in [3.63, 3.8) is 0 Å². The summed E-state index contributed by atoms with van der Waals surface area (Å²) >= 11 is 0. The highest BCUT2D eigenvalue weighted by molar-refractivity contribution is 6.21. The van der Waals surface area contributed by atoms with Crippen LogP contribution in [-0.2, 0) is 0 Å². The Morgan fingerprint density at radius 1 is 0.808 bits per heavy atom. The molecule has 2 amide bonds. The average Bonchev–Trinajstić information content (AvgIpc) is 2.91. The van der Waals surface area contributed by atoms with Crippen LogP contribution in [0, 0.1) is 6.92 Å². The quantitative estimate of drug-likeness (QED) is 0.795. The van der Waals surface area contributed by atoms with Gasteiger partial charge in [0.2, 0.25) is 0 Å². The molecule has 5 nitrogen and oxygen atoms in total. The molecule has 4 rings (SSSR count). The van der Waals surface area contributed by atoms with Gasteiger partial charge in [0.25, 0.3) is 11.8 Å². The molecule has 0 N–H and O–H groups in total. The fourth-order valence-corrected chi connectivity index (χ4v) is 3.74. The molecular weight excluding hydrogens is 326 g/mol. The van der Waals surface area contributed by atoms with Gasteiger partial charge in [-0.25, -0.2) is 0 Å². The Labute approximate surface area is 153 Å². The number of hydrogen-bond acceptors (Lipinski definition) is 4. The van der Waals surface area contributed by atoms with E-state index in [1.165, 1.54) is 16.2 Å². The zero-order chi connectivity index (χ0) is 18.1. The third-order valence-electron chi connectivity index (χ3n) is 5.26. The second kappa shape index (κ2) is 6.92. The number of aryl methyl sites for hydroxylation is 1. The molecule has 2 aliphatic heterocycles. The van der Waals surface area contributed by atoms with Gasteiger partial charge < -0.3 is 4.90 Å². The van der Waals surface area contributed by atoms with Crippen LogP contribution in [0.3, 0.4) is 0 Å². The third kappa shape index (κ3) is 3.10. The van der Waals surface area contributed by atoms with Gasteiger partial charge in [-0.2, -0.15) is 0 Å². The van der Waals surface area contributed by atoms with E-state index in [0.717, 1.165) is 32.7 Å². The molecule has 134 valence electrons. The minimum atomic E-state index is -0.163. The lowest BCUT2D eigenvalue weighted by atomic mass is 10.1. The van der Waals surface area contributed by atoms with Crippen molar-refractivity contribution < 1.29 is 9.59 Å². The SMILES string of the molecule is Cc1cccc(N2CCN(CCN3C(=O)c4ccccc4C3=O)CC2)c1. The molecule has 1 fully saturated rings. The van der Waals surface area contributed by atoms with Crippen molar-refractivity contribution in [2.24, 2.45) is 0 Å². The molecule has 5 heteroatoms. The molecular formula is C21H23N3O2. The maximum atomic E-state index is 12.4. The molecule has 0 spiro atoms. The molecule has 0 aromatic heterocycles. The monoisotopic (exact) mass is 349 g/mol. The third-order valence-corrected chi connectivity index (χ3v) is 5.26. The number of nitrogens with zero attached hydrogens (tertiary/aromatic N) is 3. The summed E-state index contributed by atoms with van der Waals surface area (Å²) in [4.78, 5) is 31.0. The van der Waals surface area contributed by atoms with Crippen LogP contribution in [0.25, 0.3) is 0 Å². The van der Waals surface area contributed by atoms with Gasteiger partial charge in [-0.15, -0.1) is 0 Å². The molecule has 2 aliphatic rings. The molecule has 2 aromatic carbocycles. The van der Waals surface area contributed by atoms with Crippen LogP contribution < -0.4 is 4.90 Å². The summed E-state index contributed by atoms with van der Waals surface area (Å²) < 4.78 is 0. The summed E-state index contributed by atoms with van der Waals surface area (Å²) in [5, 5.41) is 0. The molecule has 0 aliphatic carbocycles. The molecule has 26 heavy (non-hydrogen) atoms. The Balaban J connectivity index is 1.32. The highest BCUT2D eigenvalue weighted by atomic mass is 16.2. The fourth-order valence-electron chi connectivity index (χ4n) is 3.74. The smallest absolute Gasteiger partial charge is 0.261 e. The Hall–Kier alpha value is -2.66. The van der Waals surface area contributed by atoms with Crippen molar-refractivity contribution in [1.82, 2.24) is 9.80 Å². The maximum Gasteiger partial charge on any atom is 0.261 e. The van der Waals surface area contributed by atoms with E-state index in [0.29, 0.717) is 17.7 Å². The Morgan fingerprint density at radius 2 is 1.46 bits per heavy atom. The molecule has 0 bridgehead atoms. The predicted molar refractivity (Wildman–Crippen MR) is 102 cm³/mol. The molecule has 2 heterocycles. The van der Waals surface area contributed by atoms with E-state index in [-0.39, 0.29) is 11.8 Å². The second-order valence-corrected chi connectivity index (χ2v) is 6.98. The number of anilines is 1. The zero-order valence-electron chi connectivity index (χ0n) is 15.0. The summed E-state index contributed by atoms with van der Waals surface area (Å²) in [6.45, 7) is 7.11. The van der Waals surface area contributed by atoms with Crippen LogP contribution in [0.2, 0.25) is 0 Å². The molecule has 2 aromatic rings. The number of carbonyl (C=O) groups is 2. The minimum absolute atomic E-state index is 0.163. The van der Waals surface area contributed by atoms with Crippen molar-refractivity contribution in [2.45, 2.75) is 6.92 Å². The zero-order valence-corrected chi connectivity index (χ0v) is 15.0. The van der Waals surface area contributed by atoms with E-state index >= 15 is 0 Å². The average molecular weight is 349 g/mol. The summed E-state index contributed by atoms with van der Waals surface area (Å²) in [6, 6.07) is 15.7. The molecule has 0 saturated carbocycles. The van der Waals surface area contributed by atoms with E-state index in [2.05, 4.69) is 41.0 Å². The van der Waals surface area contributed by atoms with E-state index < -0.39 is 0 Å². The van der Waals surface area contributed by atoms with E-state index in [1.54, 1.807) is 24.3 Å². The van der Waals surface area contributed by atoms with Gasteiger partial charge in [0, 0.05) is 45.0 Å². The van der Waals surface area contributed by atoms with Crippen LogP contribution in [0.4, 0.5) is 5.69 Å². The number of benzene rings is 2. The largest absolute Gasteiger partial charge is 0.369 e. The number of amides is 2. The first-order valence-corrected chi connectivity index (χ1v) is 9.13. The number of fused-ring (bicyclic) bond motifs is 1. The lowest BCUT2D eigenvalue weighted by Gasteiger charge is -2.36. The number of piperazine rings is 1. The number of rotatable bonds is 4. The topological polar surface area (TPSA) is 43.9 Å². The number of imide groups is 1. The predicted octanol–water partition coefficient (Wildman–Crippen LogP) is 2.41. The van der Waals surface area contributed by atoms with Crippen LogP contribution >= 0.6 is 0 Å². The van der Waals surface area contributed by atoms with Crippen molar-refractivity contribution in [3.05, 3.63) is 65.2 Å². The summed E-state index contributed by atoms with van der Waals surface area (Å²) in [5.74, 6) is -0.326. The number of carbonyl (C=O) groups excluding carboxylic acids is 2. The molecule has 0 unspecified atom stereocenters.